The molecule has 9 heavy (non-hydrogen) atoms. The predicted octanol–water partition coefficient (Wildman–Crippen LogP) is 0.896. The molecule has 0 bridgehead atoms. The second-order valence-corrected chi connectivity index (χ2v) is 1.66. The molecule has 0 amide bonds. The summed E-state index contributed by atoms with van der Waals surface area (Å²) in [4.78, 5) is 1.56. The van der Waals surface area contributed by atoms with Crippen LogP contribution in [-0.2, 0) is 9.47 Å². The highest BCUT2D eigenvalue weighted by Gasteiger charge is 1.94. The van der Waals surface area contributed by atoms with E-state index in [9.17, 15) is 0 Å². The number of hydrogen-bond acceptors (Lipinski definition) is 3. The zero-order valence-corrected chi connectivity index (χ0v) is 6.56. The Bertz CT molecular complexity index is 75.9. The van der Waals surface area contributed by atoms with Gasteiger partial charge in [-0.05, 0) is 0 Å². The fraction of sp³-hybridized carbons (Fsp3) is 0.800. The summed E-state index contributed by atoms with van der Waals surface area (Å²) in [6.45, 7) is 3.11. The van der Waals surface area contributed by atoms with Gasteiger partial charge in [-0.3, -0.25) is 0 Å². The quantitative estimate of drug-likeness (QED) is 0.575. The third kappa shape index (κ3) is 7.89. The zero-order valence-electron chi connectivity index (χ0n) is 4.97. The first-order chi connectivity index (χ1) is 4.41. The number of halogens is 1. The largest absolute Gasteiger partial charge is 0.377 e. The van der Waals surface area contributed by atoms with E-state index >= 15 is 0 Å². The van der Waals surface area contributed by atoms with E-state index < -0.39 is 0 Å². The van der Waals surface area contributed by atoms with Crippen molar-refractivity contribution in [2.45, 2.75) is 0 Å². The standard InChI is InChI=1S/C4H8O2.CBrN/c1-2-6-4-3-5-1;2-1-3/h1-4H2;. The first-order valence-corrected chi connectivity index (χ1v) is 3.36. The van der Waals surface area contributed by atoms with Gasteiger partial charge in [0, 0.05) is 15.9 Å². The average molecular weight is 194 g/mol. The molecule has 1 aliphatic heterocycles. The van der Waals surface area contributed by atoms with Gasteiger partial charge in [0.1, 0.15) is 4.98 Å². The first-order valence-electron chi connectivity index (χ1n) is 2.57. The van der Waals surface area contributed by atoms with E-state index in [-0.39, 0.29) is 0 Å². The molecule has 0 aromatic carbocycles. The highest BCUT2D eigenvalue weighted by molar-refractivity contribution is 9.12. The Morgan fingerprint density at radius 3 is 1.44 bits per heavy atom. The van der Waals surface area contributed by atoms with Crippen LogP contribution < -0.4 is 0 Å². The van der Waals surface area contributed by atoms with E-state index in [0.29, 0.717) is 0 Å². The molecule has 0 atom stereocenters. The molecule has 1 aliphatic rings. The Morgan fingerprint density at radius 1 is 1.11 bits per heavy atom. The third-order valence-electron chi connectivity index (χ3n) is 0.744. The van der Waals surface area contributed by atoms with Gasteiger partial charge >= 0.3 is 0 Å². The van der Waals surface area contributed by atoms with Crippen molar-refractivity contribution in [2.75, 3.05) is 26.4 Å². The van der Waals surface area contributed by atoms with E-state index in [1.807, 2.05) is 0 Å². The molecule has 1 rings (SSSR count). The molecular weight excluding hydrogens is 186 g/mol. The molecule has 4 heteroatoms. The summed E-state index contributed by atoms with van der Waals surface area (Å²) in [6, 6.07) is 0. The summed E-state index contributed by atoms with van der Waals surface area (Å²) in [6.07, 6.45) is 0. The van der Waals surface area contributed by atoms with Crippen LogP contribution in [0.4, 0.5) is 0 Å². The van der Waals surface area contributed by atoms with Gasteiger partial charge in [-0.1, -0.05) is 0 Å². The lowest BCUT2D eigenvalue weighted by Crippen LogP contribution is -2.16. The van der Waals surface area contributed by atoms with Gasteiger partial charge in [0.15, 0.2) is 0 Å². The Hall–Kier alpha value is -0.110. The predicted molar refractivity (Wildman–Crippen MR) is 36.2 cm³/mol. The molecule has 3 nitrogen and oxygen atoms in total. The van der Waals surface area contributed by atoms with Crippen molar-refractivity contribution in [3.05, 3.63) is 0 Å². The zero-order chi connectivity index (χ0) is 6.95. The first kappa shape index (κ1) is 8.89. The minimum atomic E-state index is 0.778. The van der Waals surface area contributed by atoms with Crippen molar-refractivity contribution in [1.82, 2.24) is 0 Å². The molecule has 0 aliphatic carbocycles. The van der Waals surface area contributed by atoms with E-state index in [4.69, 9.17) is 14.7 Å². The van der Waals surface area contributed by atoms with Crippen LogP contribution in [0.2, 0.25) is 0 Å². The van der Waals surface area contributed by atoms with Crippen molar-refractivity contribution in [1.29, 1.82) is 5.26 Å². The van der Waals surface area contributed by atoms with Crippen molar-refractivity contribution >= 4 is 15.9 Å². The normalized spacial score (nSPS) is 16.9. The molecule has 1 saturated heterocycles. The van der Waals surface area contributed by atoms with Crippen molar-refractivity contribution < 1.29 is 9.47 Å². The molecule has 1 heterocycles. The van der Waals surface area contributed by atoms with Crippen molar-refractivity contribution in [3.63, 3.8) is 0 Å². The van der Waals surface area contributed by atoms with E-state index in [0.717, 1.165) is 26.4 Å². The molecule has 52 valence electrons. The lowest BCUT2D eigenvalue weighted by molar-refractivity contribution is -0.0334. The Balaban J connectivity index is 0.000000187. The highest BCUT2D eigenvalue weighted by Crippen LogP contribution is 1.85. The molecule has 0 saturated carbocycles. The summed E-state index contributed by atoms with van der Waals surface area (Å²) in [7, 11) is 0. The van der Waals surface area contributed by atoms with Crippen LogP contribution in [0.3, 0.4) is 0 Å². The maximum atomic E-state index is 7.24. The van der Waals surface area contributed by atoms with Gasteiger partial charge in [-0.15, -0.1) is 0 Å². The molecule has 0 N–H and O–H groups in total. The van der Waals surface area contributed by atoms with Crippen LogP contribution in [-0.4, -0.2) is 26.4 Å². The maximum absolute atomic E-state index is 7.24. The molecular formula is C5H8BrNO2. The van der Waals surface area contributed by atoms with Crippen molar-refractivity contribution in [2.24, 2.45) is 0 Å². The average Bonchev–Trinajstić information content (AvgIpc) is 1.93. The van der Waals surface area contributed by atoms with Gasteiger partial charge < -0.3 is 9.47 Å². The lowest BCUT2D eigenvalue weighted by Gasteiger charge is -2.09. The minimum absolute atomic E-state index is 0.778. The Morgan fingerprint density at radius 2 is 1.33 bits per heavy atom. The second kappa shape index (κ2) is 7.89. The Kier molecular flexibility index (Phi) is 7.79. The monoisotopic (exact) mass is 193 g/mol. The van der Waals surface area contributed by atoms with Gasteiger partial charge in [0.2, 0.25) is 0 Å². The molecule has 0 aromatic rings. The van der Waals surface area contributed by atoms with Gasteiger partial charge in [0.05, 0.1) is 26.4 Å². The van der Waals surface area contributed by atoms with Crippen molar-refractivity contribution in [3.8, 4) is 4.98 Å². The van der Waals surface area contributed by atoms with E-state index in [2.05, 4.69) is 15.9 Å². The van der Waals surface area contributed by atoms with Gasteiger partial charge in [-0.2, -0.15) is 5.26 Å². The van der Waals surface area contributed by atoms with Crippen LogP contribution in [0.5, 0.6) is 0 Å². The highest BCUT2D eigenvalue weighted by atomic mass is 79.9. The van der Waals surface area contributed by atoms with Crippen LogP contribution in [0.25, 0.3) is 0 Å². The fourth-order valence-corrected chi connectivity index (χ4v) is 0.440. The molecule has 0 spiro atoms. The number of hydrogen-bond donors (Lipinski definition) is 0. The number of nitrogens with zero attached hydrogens (tertiary/aromatic N) is 1. The SMILES string of the molecule is C1COCCO1.N#CBr. The number of nitriles is 1. The molecule has 0 radical (unpaired) electrons. The summed E-state index contributed by atoms with van der Waals surface area (Å²) in [5, 5.41) is 7.24. The number of rotatable bonds is 0. The summed E-state index contributed by atoms with van der Waals surface area (Å²) in [5.41, 5.74) is 0. The fourth-order valence-electron chi connectivity index (χ4n) is 0.440. The molecule has 1 fully saturated rings. The van der Waals surface area contributed by atoms with Crippen LogP contribution >= 0.6 is 15.9 Å². The number of ether oxygens (including phenoxy) is 2. The van der Waals surface area contributed by atoms with Gasteiger partial charge in [0.25, 0.3) is 0 Å². The summed E-state index contributed by atoms with van der Waals surface area (Å²) in [5.74, 6) is 0. The minimum Gasteiger partial charge on any atom is -0.377 e. The third-order valence-corrected chi connectivity index (χ3v) is 0.744. The summed E-state index contributed by atoms with van der Waals surface area (Å²) >= 11 is 2.45. The smallest absolute Gasteiger partial charge is 0.142 e. The lowest BCUT2D eigenvalue weighted by atomic mass is 10.6. The summed E-state index contributed by atoms with van der Waals surface area (Å²) < 4.78 is 9.89. The maximum Gasteiger partial charge on any atom is 0.142 e. The Labute approximate surface area is 62.7 Å². The molecule has 0 aromatic heterocycles. The molecule has 0 unspecified atom stereocenters. The second-order valence-electron chi connectivity index (χ2n) is 1.31. The topological polar surface area (TPSA) is 42.2 Å². The van der Waals surface area contributed by atoms with Crippen LogP contribution in [0.15, 0.2) is 0 Å². The van der Waals surface area contributed by atoms with Crippen LogP contribution in [0.1, 0.15) is 0 Å². The van der Waals surface area contributed by atoms with Crippen LogP contribution in [0, 0.1) is 10.2 Å². The van der Waals surface area contributed by atoms with E-state index in [1.165, 1.54) is 0 Å². The van der Waals surface area contributed by atoms with Gasteiger partial charge in [-0.25, -0.2) is 0 Å². The van der Waals surface area contributed by atoms with E-state index in [1.54, 1.807) is 4.98 Å².